The molecule has 2 rings (SSSR count). The summed E-state index contributed by atoms with van der Waals surface area (Å²) in [4.78, 5) is 13.7. The van der Waals surface area contributed by atoms with Crippen LogP contribution in [-0.2, 0) is 0 Å². The average Bonchev–Trinajstić information content (AvgIpc) is 3.13. The van der Waals surface area contributed by atoms with Crippen molar-refractivity contribution >= 4 is 21.6 Å². The van der Waals surface area contributed by atoms with Gasteiger partial charge < -0.3 is 5.32 Å². The van der Waals surface area contributed by atoms with E-state index in [-0.39, 0.29) is 5.56 Å². The van der Waals surface area contributed by atoms with Crippen molar-refractivity contribution in [3.63, 3.8) is 0 Å². The van der Waals surface area contributed by atoms with E-state index in [2.05, 4.69) is 50.3 Å². The molecular formula is C11H17BrN4O. The van der Waals surface area contributed by atoms with Crippen LogP contribution in [0.3, 0.4) is 0 Å². The van der Waals surface area contributed by atoms with Crippen molar-refractivity contribution in [1.29, 1.82) is 0 Å². The zero-order chi connectivity index (χ0) is 12.4. The summed E-state index contributed by atoms with van der Waals surface area (Å²) in [6.45, 7) is 2.98. The summed E-state index contributed by atoms with van der Waals surface area (Å²) in [5.41, 5.74) is 0.531. The van der Waals surface area contributed by atoms with Crippen molar-refractivity contribution in [2.75, 3.05) is 18.9 Å². The highest BCUT2D eigenvalue weighted by molar-refractivity contribution is 9.10. The highest BCUT2D eigenvalue weighted by atomic mass is 79.9. The van der Waals surface area contributed by atoms with Gasteiger partial charge in [-0.3, -0.25) is 9.69 Å². The van der Waals surface area contributed by atoms with Gasteiger partial charge in [-0.2, -0.15) is 5.10 Å². The Morgan fingerprint density at radius 3 is 3.06 bits per heavy atom. The van der Waals surface area contributed by atoms with Crippen LogP contribution in [0.5, 0.6) is 0 Å². The number of anilines is 1. The van der Waals surface area contributed by atoms with E-state index >= 15 is 0 Å². The first-order valence-electron chi connectivity index (χ1n) is 5.78. The molecule has 94 valence electrons. The molecule has 0 saturated heterocycles. The Hall–Kier alpha value is -0.880. The maximum Gasteiger partial charge on any atom is 0.280 e. The molecule has 1 aromatic rings. The number of aromatic nitrogens is 2. The maximum absolute atomic E-state index is 11.3. The number of halogens is 1. The van der Waals surface area contributed by atoms with Crippen LogP contribution in [0.15, 0.2) is 15.5 Å². The van der Waals surface area contributed by atoms with E-state index in [1.54, 1.807) is 6.20 Å². The molecule has 5 nitrogen and oxygen atoms in total. The number of rotatable bonds is 5. The third-order valence-electron chi connectivity index (χ3n) is 3.20. The van der Waals surface area contributed by atoms with Crippen LogP contribution < -0.4 is 10.9 Å². The van der Waals surface area contributed by atoms with Crippen LogP contribution in [0.1, 0.15) is 19.8 Å². The second-order valence-corrected chi connectivity index (χ2v) is 5.35. The number of hydrogen-bond acceptors (Lipinski definition) is 4. The minimum Gasteiger partial charge on any atom is -0.381 e. The van der Waals surface area contributed by atoms with Gasteiger partial charge in [0.25, 0.3) is 5.56 Å². The minimum atomic E-state index is -0.210. The number of nitrogens with zero attached hydrogens (tertiary/aromatic N) is 2. The van der Waals surface area contributed by atoms with Crippen molar-refractivity contribution in [3.8, 4) is 0 Å². The molecule has 6 heteroatoms. The Balaban J connectivity index is 1.92. The lowest BCUT2D eigenvalue weighted by Crippen LogP contribution is -2.36. The van der Waals surface area contributed by atoms with Crippen molar-refractivity contribution in [1.82, 2.24) is 15.1 Å². The van der Waals surface area contributed by atoms with Crippen LogP contribution in [0, 0.1) is 0 Å². The van der Waals surface area contributed by atoms with Crippen LogP contribution in [-0.4, -0.2) is 40.8 Å². The van der Waals surface area contributed by atoms with Crippen LogP contribution >= 0.6 is 15.9 Å². The smallest absolute Gasteiger partial charge is 0.280 e. The molecule has 0 spiro atoms. The Morgan fingerprint density at radius 2 is 2.41 bits per heavy atom. The summed E-state index contributed by atoms with van der Waals surface area (Å²) in [6.07, 6.45) is 4.23. The molecule has 1 aromatic heterocycles. The van der Waals surface area contributed by atoms with E-state index in [4.69, 9.17) is 0 Å². The van der Waals surface area contributed by atoms with E-state index in [0.717, 1.165) is 18.3 Å². The SMILES string of the molecule is CC(CNc1cn[nH]c(=O)c1Br)N(C)C1CC1. The van der Waals surface area contributed by atoms with Gasteiger partial charge in [0.05, 0.1) is 11.9 Å². The second-order valence-electron chi connectivity index (χ2n) is 4.55. The normalized spacial score (nSPS) is 17.2. The number of aromatic amines is 1. The molecule has 0 aliphatic heterocycles. The van der Waals surface area contributed by atoms with E-state index in [1.165, 1.54) is 12.8 Å². The molecule has 1 aliphatic carbocycles. The summed E-state index contributed by atoms with van der Waals surface area (Å²) in [5, 5.41) is 9.39. The quantitative estimate of drug-likeness (QED) is 0.863. The fourth-order valence-corrected chi connectivity index (χ4v) is 2.08. The minimum absolute atomic E-state index is 0.210. The topological polar surface area (TPSA) is 61.0 Å². The van der Waals surface area contributed by atoms with Crippen LogP contribution in [0.4, 0.5) is 5.69 Å². The lowest BCUT2D eigenvalue weighted by Gasteiger charge is -2.25. The van der Waals surface area contributed by atoms with Gasteiger partial charge in [-0.15, -0.1) is 0 Å². The Labute approximate surface area is 109 Å². The van der Waals surface area contributed by atoms with Gasteiger partial charge in [0, 0.05) is 18.6 Å². The standard InChI is InChI=1S/C11H17BrN4O/c1-7(16(2)8-3-4-8)5-13-9-6-14-15-11(17)10(9)12/h6-8H,3-5H2,1-2H3,(H2,13,15,17). The zero-order valence-electron chi connectivity index (χ0n) is 10.0. The first-order valence-corrected chi connectivity index (χ1v) is 6.58. The number of likely N-dealkylation sites (N-methyl/N-ethyl adjacent to an activating group) is 1. The summed E-state index contributed by atoms with van der Waals surface area (Å²) in [6, 6.07) is 1.18. The number of hydrogen-bond donors (Lipinski definition) is 2. The molecule has 0 bridgehead atoms. The molecule has 2 N–H and O–H groups in total. The third kappa shape index (κ3) is 3.07. The Kier molecular flexibility index (Phi) is 3.83. The Morgan fingerprint density at radius 1 is 1.71 bits per heavy atom. The van der Waals surface area contributed by atoms with E-state index < -0.39 is 0 Å². The highest BCUT2D eigenvalue weighted by Gasteiger charge is 2.28. The van der Waals surface area contributed by atoms with E-state index in [9.17, 15) is 4.79 Å². The van der Waals surface area contributed by atoms with Crippen LogP contribution in [0.25, 0.3) is 0 Å². The molecule has 17 heavy (non-hydrogen) atoms. The largest absolute Gasteiger partial charge is 0.381 e. The molecular weight excluding hydrogens is 284 g/mol. The number of H-pyrrole nitrogens is 1. The average molecular weight is 301 g/mol. The van der Waals surface area contributed by atoms with Crippen LogP contribution in [0.2, 0.25) is 0 Å². The molecule has 1 atom stereocenters. The van der Waals surface area contributed by atoms with Crippen molar-refractivity contribution in [3.05, 3.63) is 21.0 Å². The van der Waals surface area contributed by atoms with E-state index in [1.807, 2.05) is 0 Å². The van der Waals surface area contributed by atoms with Gasteiger partial charge in [-0.25, -0.2) is 5.10 Å². The zero-order valence-corrected chi connectivity index (χ0v) is 11.6. The number of nitrogens with one attached hydrogen (secondary N) is 2. The van der Waals surface area contributed by atoms with Gasteiger partial charge in [-0.05, 0) is 42.7 Å². The maximum atomic E-state index is 11.3. The fraction of sp³-hybridized carbons (Fsp3) is 0.636. The molecule has 0 amide bonds. The monoisotopic (exact) mass is 300 g/mol. The second kappa shape index (κ2) is 5.18. The molecule has 0 radical (unpaired) electrons. The summed E-state index contributed by atoms with van der Waals surface area (Å²) in [5.74, 6) is 0. The summed E-state index contributed by atoms with van der Waals surface area (Å²) < 4.78 is 0.508. The molecule has 0 aromatic carbocycles. The van der Waals surface area contributed by atoms with Gasteiger partial charge in [0.1, 0.15) is 4.47 Å². The van der Waals surface area contributed by atoms with Gasteiger partial charge >= 0.3 is 0 Å². The van der Waals surface area contributed by atoms with Gasteiger partial charge in [-0.1, -0.05) is 0 Å². The predicted molar refractivity (Wildman–Crippen MR) is 71.3 cm³/mol. The fourth-order valence-electron chi connectivity index (χ4n) is 1.75. The van der Waals surface area contributed by atoms with Crippen molar-refractivity contribution in [2.24, 2.45) is 0 Å². The lowest BCUT2D eigenvalue weighted by molar-refractivity contribution is 0.257. The molecule has 1 heterocycles. The van der Waals surface area contributed by atoms with E-state index in [0.29, 0.717) is 10.5 Å². The van der Waals surface area contributed by atoms with Crippen molar-refractivity contribution < 1.29 is 0 Å². The third-order valence-corrected chi connectivity index (χ3v) is 3.99. The Bertz CT molecular complexity index is 443. The first kappa shape index (κ1) is 12.6. The molecule has 1 saturated carbocycles. The van der Waals surface area contributed by atoms with Crippen molar-refractivity contribution in [2.45, 2.75) is 31.8 Å². The molecule has 1 fully saturated rings. The first-order chi connectivity index (χ1) is 8.09. The summed E-state index contributed by atoms with van der Waals surface area (Å²) in [7, 11) is 2.15. The van der Waals surface area contributed by atoms with Gasteiger partial charge in [0.2, 0.25) is 0 Å². The van der Waals surface area contributed by atoms with Gasteiger partial charge in [0.15, 0.2) is 0 Å². The highest BCUT2D eigenvalue weighted by Crippen LogP contribution is 2.27. The molecule has 1 unspecified atom stereocenters. The lowest BCUT2D eigenvalue weighted by atomic mass is 10.3. The summed E-state index contributed by atoms with van der Waals surface area (Å²) >= 11 is 3.25. The predicted octanol–water partition coefficient (Wildman–Crippen LogP) is 1.43. The molecule has 1 aliphatic rings.